The van der Waals surface area contributed by atoms with E-state index in [2.05, 4.69) is 31.9 Å². The second-order valence-electron chi connectivity index (χ2n) is 8.83. The van der Waals surface area contributed by atoms with Crippen molar-refractivity contribution in [3.05, 3.63) is 35.4 Å². The van der Waals surface area contributed by atoms with Gasteiger partial charge in [0, 0.05) is 57.8 Å². The summed E-state index contributed by atoms with van der Waals surface area (Å²) in [7, 11) is 3.49. The third kappa shape index (κ3) is 7.21. The number of nitrogens with zero attached hydrogens (tertiary/aromatic N) is 2. The number of carbonyl (C=O) groups excluding carboxylic acids is 1. The van der Waals surface area contributed by atoms with E-state index in [1.807, 2.05) is 25.2 Å². The van der Waals surface area contributed by atoms with Crippen LogP contribution in [0.3, 0.4) is 0 Å². The standard InChI is InChI=1S/C24H39N5O2/c1-25-22(30)21-8-6-7-20(17-21)9-12-27-23(26-2)28-18-24(10-4-3-5-11-24)19-29-13-15-31-16-14-29/h6-8,17H,3-5,9-16,18-19H2,1-2H3,(H,25,30)(H2,26,27,28). The molecule has 0 atom stereocenters. The van der Waals surface area contributed by atoms with E-state index in [9.17, 15) is 4.79 Å². The van der Waals surface area contributed by atoms with Crippen molar-refractivity contribution in [3.8, 4) is 0 Å². The van der Waals surface area contributed by atoms with Crippen LogP contribution >= 0.6 is 0 Å². The molecule has 3 N–H and O–H groups in total. The predicted octanol–water partition coefficient (Wildman–Crippen LogP) is 2.04. The van der Waals surface area contributed by atoms with Crippen molar-refractivity contribution in [2.24, 2.45) is 10.4 Å². The Labute approximate surface area is 187 Å². The Hall–Kier alpha value is -2.12. The van der Waals surface area contributed by atoms with Crippen molar-refractivity contribution in [2.45, 2.75) is 38.5 Å². The van der Waals surface area contributed by atoms with Crippen LogP contribution in [0.25, 0.3) is 0 Å². The summed E-state index contributed by atoms with van der Waals surface area (Å²) in [6.07, 6.45) is 7.39. The van der Waals surface area contributed by atoms with Crippen molar-refractivity contribution in [1.82, 2.24) is 20.9 Å². The van der Waals surface area contributed by atoms with Crippen molar-refractivity contribution in [2.75, 3.05) is 60.0 Å². The summed E-state index contributed by atoms with van der Waals surface area (Å²) >= 11 is 0. The molecule has 2 fully saturated rings. The number of ether oxygens (including phenoxy) is 1. The zero-order chi connectivity index (χ0) is 21.9. The molecule has 1 saturated carbocycles. The van der Waals surface area contributed by atoms with Crippen LogP contribution in [-0.4, -0.2) is 76.8 Å². The van der Waals surface area contributed by atoms with Gasteiger partial charge in [-0.25, -0.2) is 0 Å². The normalized spacial score (nSPS) is 19.6. The third-order valence-corrected chi connectivity index (χ3v) is 6.55. The Morgan fingerprint density at radius 2 is 1.94 bits per heavy atom. The fourth-order valence-corrected chi connectivity index (χ4v) is 4.76. The highest BCUT2D eigenvalue weighted by Gasteiger charge is 2.34. The smallest absolute Gasteiger partial charge is 0.251 e. The van der Waals surface area contributed by atoms with Gasteiger partial charge in [-0.15, -0.1) is 0 Å². The molecule has 0 spiro atoms. The molecule has 7 heteroatoms. The van der Waals surface area contributed by atoms with Crippen LogP contribution in [-0.2, 0) is 11.2 Å². The van der Waals surface area contributed by atoms with Crippen molar-refractivity contribution in [3.63, 3.8) is 0 Å². The van der Waals surface area contributed by atoms with E-state index in [1.165, 1.54) is 32.1 Å². The van der Waals surface area contributed by atoms with E-state index < -0.39 is 0 Å². The average Bonchev–Trinajstić information content (AvgIpc) is 2.82. The van der Waals surface area contributed by atoms with Gasteiger partial charge in [-0.1, -0.05) is 31.4 Å². The first kappa shape index (κ1) is 23.5. The van der Waals surface area contributed by atoms with Gasteiger partial charge in [0.05, 0.1) is 13.2 Å². The lowest BCUT2D eigenvalue weighted by Gasteiger charge is -2.42. The molecule has 0 aromatic heterocycles. The Bertz CT molecular complexity index is 724. The largest absolute Gasteiger partial charge is 0.379 e. The molecule has 1 aromatic carbocycles. The Morgan fingerprint density at radius 1 is 1.16 bits per heavy atom. The quantitative estimate of drug-likeness (QED) is 0.435. The summed E-state index contributed by atoms with van der Waals surface area (Å²) < 4.78 is 5.54. The zero-order valence-electron chi connectivity index (χ0n) is 19.2. The van der Waals surface area contributed by atoms with Crippen LogP contribution < -0.4 is 16.0 Å². The topological polar surface area (TPSA) is 78.0 Å². The summed E-state index contributed by atoms with van der Waals surface area (Å²) in [6, 6.07) is 7.79. The molecule has 0 radical (unpaired) electrons. The highest BCUT2D eigenvalue weighted by molar-refractivity contribution is 5.94. The minimum atomic E-state index is -0.0506. The summed E-state index contributed by atoms with van der Waals surface area (Å²) in [5.41, 5.74) is 2.15. The highest BCUT2D eigenvalue weighted by atomic mass is 16.5. The molecule has 1 aliphatic heterocycles. The SMILES string of the molecule is CN=C(NCCc1cccc(C(=O)NC)c1)NCC1(CN2CCOCC2)CCCCC1. The summed E-state index contributed by atoms with van der Waals surface area (Å²) in [5, 5.41) is 9.74. The van der Waals surface area contributed by atoms with Gasteiger partial charge < -0.3 is 20.7 Å². The first-order chi connectivity index (χ1) is 15.1. The van der Waals surface area contributed by atoms with Gasteiger partial charge in [-0.05, 0) is 37.0 Å². The van der Waals surface area contributed by atoms with Crippen molar-refractivity contribution >= 4 is 11.9 Å². The highest BCUT2D eigenvalue weighted by Crippen LogP contribution is 2.36. The van der Waals surface area contributed by atoms with Crippen LogP contribution in [0.1, 0.15) is 48.0 Å². The molecule has 1 amide bonds. The van der Waals surface area contributed by atoms with E-state index in [1.54, 1.807) is 7.05 Å². The van der Waals surface area contributed by atoms with Crippen molar-refractivity contribution in [1.29, 1.82) is 0 Å². The number of guanidine groups is 1. The van der Waals surface area contributed by atoms with Crippen LogP contribution in [0.2, 0.25) is 0 Å². The predicted molar refractivity (Wildman–Crippen MR) is 126 cm³/mol. The molecular weight excluding hydrogens is 390 g/mol. The fraction of sp³-hybridized carbons (Fsp3) is 0.667. The van der Waals surface area contributed by atoms with Crippen LogP contribution in [0.15, 0.2) is 29.3 Å². The number of rotatable bonds is 8. The maximum atomic E-state index is 11.8. The Balaban J connectivity index is 1.49. The molecule has 0 bridgehead atoms. The molecule has 172 valence electrons. The second-order valence-corrected chi connectivity index (χ2v) is 8.83. The van der Waals surface area contributed by atoms with E-state index in [4.69, 9.17) is 4.74 Å². The fourth-order valence-electron chi connectivity index (χ4n) is 4.76. The first-order valence-electron chi connectivity index (χ1n) is 11.7. The molecule has 2 aliphatic rings. The molecule has 1 aromatic rings. The summed E-state index contributed by atoms with van der Waals surface area (Å²) in [4.78, 5) is 18.8. The number of aliphatic imine (C=N–C) groups is 1. The van der Waals surface area contributed by atoms with E-state index in [-0.39, 0.29) is 5.91 Å². The van der Waals surface area contributed by atoms with Gasteiger partial charge in [0.25, 0.3) is 5.91 Å². The second kappa shape index (κ2) is 12.1. The number of hydrogen-bond acceptors (Lipinski definition) is 4. The molecule has 1 saturated heterocycles. The van der Waals surface area contributed by atoms with Gasteiger partial charge in [-0.2, -0.15) is 0 Å². The lowest BCUT2D eigenvalue weighted by molar-refractivity contribution is 0.00820. The number of amides is 1. The Kier molecular flexibility index (Phi) is 9.15. The van der Waals surface area contributed by atoms with Crippen LogP contribution in [0.4, 0.5) is 0 Å². The zero-order valence-corrected chi connectivity index (χ0v) is 19.2. The number of carbonyl (C=O) groups is 1. The van der Waals surface area contributed by atoms with E-state index >= 15 is 0 Å². The number of benzene rings is 1. The number of hydrogen-bond donors (Lipinski definition) is 3. The molecule has 3 rings (SSSR count). The minimum Gasteiger partial charge on any atom is -0.379 e. The Morgan fingerprint density at radius 3 is 2.65 bits per heavy atom. The van der Waals surface area contributed by atoms with Gasteiger partial charge in [0.2, 0.25) is 0 Å². The van der Waals surface area contributed by atoms with Gasteiger partial charge in [0.1, 0.15) is 0 Å². The minimum absolute atomic E-state index is 0.0506. The third-order valence-electron chi connectivity index (χ3n) is 6.55. The lowest BCUT2D eigenvalue weighted by Crippen LogP contribution is -2.51. The van der Waals surface area contributed by atoms with Gasteiger partial charge in [-0.3, -0.25) is 14.7 Å². The average molecular weight is 430 g/mol. The number of nitrogens with one attached hydrogen (secondary N) is 3. The first-order valence-corrected chi connectivity index (χ1v) is 11.7. The molecule has 1 aliphatic carbocycles. The maximum absolute atomic E-state index is 11.8. The van der Waals surface area contributed by atoms with E-state index in [0.29, 0.717) is 11.0 Å². The lowest BCUT2D eigenvalue weighted by atomic mass is 9.73. The van der Waals surface area contributed by atoms with E-state index in [0.717, 1.165) is 63.9 Å². The van der Waals surface area contributed by atoms with Gasteiger partial charge >= 0.3 is 0 Å². The molecule has 1 heterocycles. The maximum Gasteiger partial charge on any atom is 0.251 e. The molecule has 0 unspecified atom stereocenters. The molecule has 31 heavy (non-hydrogen) atoms. The summed E-state index contributed by atoms with van der Waals surface area (Å²) in [6.45, 7) is 6.67. The van der Waals surface area contributed by atoms with Crippen LogP contribution in [0.5, 0.6) is 0 Å². The van der Waals surface area contributed by atoms with Crippen LogP contribution in [0, 0.1) is 5.41 Å². The van der Waals surface area contributed by atoms with Crippen molar-refractivity contribution < 1.29 is 9.53 Å². The molecule has 7 nitrogen and oxygen atoms in total. The van der Waals surface area contributed by atoms with Gasteiger partial charge in [0.15, 0.2) is 5.96 Å². The molecular formula is C24H39N5O2. The summed E-state index contributed by atoms with van der Waals surface area (Å²) in [5.74, 6) is 0.805. The number of morpholine rings is 1. The monoisotopic (exact) mass is 429 g/mol.